The molecule has 2 aliphatic heterocycles. The quantitative estimate of drug-likeness (QED) is 0.823. The minimum atomic E-state index is -0.0687. The van der Waals surface area contributed by atoms with E-state index in [2.05, 4.69) is 29.4 Å². The van der Waals surface area contributed by atoms with Gasteiger partial charge in [0.15, 0.2) is 0 Å². The first-order chi connectivity index (χ1) is 9.24. The Balaban J connectivity index is 1.66. The van der Waals surface area contributed by atoms with Crippen LogP contribution in [0, 0.1) is 0 Å². The fourth-order valence-corrected chi connectivity index (χ4v) is 2.93. The van der Waals surface area contributed by atoms with Gasteiger partial charge in [-0.3, -0.25) is 4.79 Å². The zero-order chi connectivity index (χ0) is 13.2. The molecule has 2 heterocycles. The molecule has 4 nitrogen and oxygen atoms in total. The maximum absolute atomic E-state index is 12.6. The summed E-state index contributed by atoms with van der Waals surface area (Å²) >= 11 is 0. The van der Waals surface area contributed by atoms with Crippen LogP contribution in [0.1, 0.15) is 12.0 Å². The van der Waals surface area contributed by atoms with Gasteiger partial charge >= 0.3 is 0 Å². The van der Waals surface area contributed by atoms with Gasteiger partial charge < -0.3 is 15.1 Å². The molecule has 1 saturated heterocycles. The third-order valence-electron chi connectivity index (χ3n) is 4.10. The molecule has 102 valence electrons. The number of amides is 1. The fourth-order valence-electron chi connectivity index (χ4n) is 2.93. The van der Waals surface area contributed by atoms with Crippen molar-refractivity contribution >= 4 is 11.6 Å². The molecule has 19 heavy (non-hydrogen) atoms. The van der Waals surface area contributed by atoms with E-state index in [1.165, 1.54) is 5.56 Å². The number of likely N-dealkylation sites (N-methyl/N-ethyl adjacent to an activating group) is 1. The first kappa shape index (κ1) is 12.5. The largest absolute Gasteiger partial charge is 0.373 e. The lowest BCUT2D eigenvalue weighted by molar-refractivity contribution is -0.131. The summed E-state index contributed by atoms with van der Waals surface area (Å²) in [5, 5.41) is 3.36. The van der Waals surface area contributed by atoms with Crippen molar-refractivity contribution in [2.24, 2.45) is 0 Å². The van der Waals surface area contributed by atoms with E-state index in [0.29, 0.717) is 0 Å². The molecule has 1 fully saturated rings. The van der Waals surface area contributed by atoms with Crippen molar-refractivity contribution in [1.82, 2.24) is 9.80 Å². The summed E-state index contributed by atoms with van der Waals surface area (Å²) < 4.78 is 0. The smallest absolute Gasteiger partial charge is 0.245 e. The summed E-state index contributed by atoms with van der Waals surface area (Å²) in [6.07, 6.45) is 1.89. The molecule has 0 spiro atoms. The SMILES string of the molecule is CN1CCCN(C(=O)C2Cc3ccccc3N2)CC1. The molecule has 3 rings (SSSR count). The molecule has 1 aromatic carbocycles. The van der Waals surface area contributed by atoms with Gasteiger partial charge in [-0.2, -0.15) is 0 Å². The summed E-state index contributed by atoms with van der Waals surface area (Å²) in [5.41, 5.74) is 2.38. The molecule has 1 atom stereocenters. The van der Waals surface area contributed by atoms with Crippen molar-refractivity contribution in [2.75, 3.05) is 38.5 Å². The highest BCUT2D eigenvalue weighted by Gasteiger charge is 2.30. The van der Waals surface area contributed by atoms with E-state index in [-0.39, 0.29) is 11.9 Å². The van der Waals surface area contributed by atoms with E-state index < -0.39 is 0 Å². The minimum absolute atomic E-state index is 0.0687. The van der Waals surface area contributed by atoms with Gasteiger partial charge in [-0.1, -0.05) is 18.2 Å². The first-order valence-electron chi connectivity index (χ1n) is 7.06. The standard InChI is InChI=1S/C15H21N3O/c1-17-7-4-8-18(10-9-17)15(19)14-11-12-5-2-3-6-13(12)16-14/h2-3,5-6,14,16H,4,7-11H2,1H3. The monoisotopic (exact) mass is 259 g/mol. The molecule has 1 aromatic rings. The Morgan fingerprint density at radius 3 is 2.89 bits per heavy atom. The number of para-hydroxylation sites is 1. The maximum atomic E-state index is 12.6. The molecule has 1 amide bonds. The number of rotatable bonds is 1. The van der Waals surface area contributed by atoms with Gasteiger partial charge in [0.25, 0.3) is 0 Å². The number of hydrogen-bond donors (Lipinski definition) is 1. The molecule has 0 radical (unpaired) electrons. The number of nitrogens with one attached hydrogen (secondary N) is 1. The molecular weight excluding hydrogens is 238 g/mol. The Morgan fingerprint density at radius 2 is 2.05 bits per heavy atom. The summed E-state index contributed by atoms with van der Waals surface area (Å²) in [6.45, 7) is 3.80. The Labute approximate surface area is 114 Å². The lowest BCUT2D eigenvalue weighted by Crippen LogP contribution is -2.43. The molecule has 4 heteroatoms. The molecule has 0 bridgehead atoms. The Bertz CT molecular complexity index is 449. The van der Waals surface area contributed by atoms with E-state index in [1.807, 2.05) is 17.0 Å². The van der Waals surface area contributed by atoms with Crippen molar-refractivity contribution < 1.29 is 4.79 Å². The highest BCUT2D eigenvalue weighted by Crippen LogP contribution is 2.26. The molecule has 0 saturated carbocycles. The average molecular weight is 259 g/mol. The van der Waals surface area contributed by atoms with Crippen molar-refractivity contribution in [3.05, 3.63) is 29.8 Å². The molecular formula is C15H21N3O. The van der Waals surface area contributed by atoms with Crippen LogP contribution >= 0.6 is 0 Å². The predicted octanol–water partition coefficient (Wildman–Crippen LogP) is 1.19. The third-order valence-corrected chi connectivity index (χ3v) is 4.10. The predicted molar refractivity (Wildman–Crippen MR) is 76.3 cm³/mol. The number of fused-ring (bicyclic) bond motifs is 1. The molecule has 1 unspecified atom stereocenters. The van der Waals surface area contributed by atoms with Crippen LogP contribution in [-0.2, 0) is 11.2 Å². The second kappa shape index (κ2) is 5.21. The highest BCUT2D eigenvalue weighted by atomic mass is 16.2. The number of carbonyl (C=O) groups excluding carboxylic acids is 1. The van der Waals surface area contributed by atoms with Crippen LogP contribution in [0.5, 0.6) is 0 Å². The van der Waals surface area contributed by atoms with Gasteiger partial charge in [-0.05, 0) is 31.6 Å². The van der Waals surface area contributed by atoms with Crippen molar-refractivity contribution in [3.63, 3.8) is 0 Å². The molecule has 2 aliphatic rings. The number of anilines is 1. The number of nitrogens with zero attached hydrogens (tertiary/aromatic N) is 2. The van der Waals surface area contributed by atoms with Crippen LogP contribution in [0.3, 0.4) is 0 Å². The highest BCUT2D eigenvalue weighted by molar-refractivity contribution is 5.87. The summed E-state index contributed by atoms with van der Waals surface area (Å²) in [4.78, 5) is 16.9. The van der Waals surface area contributed by atoms with E-state index in [9.17, 15) is 4.79 Å². The number of carbonyl (C=O) groups is 1. The van der Waals surface area contributed by atoms with Crippen LogP contribution in [-0.4, -0.2) is 55.0 Å². The van der Waals surface area contributed by atoms with Gasteiger partial charge in [-0.25, -0.2) is 0 Å². The van der Waals surface area contributed by atoms with Crippen molar-refractivity contribution in [2.45, 2.75) is 18.9 Å². The molecule has 0 aromatic heterocycles. The van der Waals surface area contributed by atoms with E-state index >= 15 is 0 Å². The second-order valence-electron chi connectivity index (χ2n) is 5.54. The van der Waals surface area contributed by atoms with Gasteiger partial charge in [0, 0.05) is 31.7 Å². The van der Waals surface area contributed by atoms with Crippen LogP contribution in [0.25, 0.3) is 0 Å². The third kappa shape index (κ3) is 2.59. The van der Waals surface area contributed by atoms with Gasteiger partial charge in [0.05, 0.1) is 0 Å². The summed E-state index contributed by atoms with van der Waals surface area (Å²) in [6, 6.07) is 8.14. The average Bonchev–Trinajstić information content (AvgIpc) is 2.74. The summed E-state index contributed by atoms with van der Waals surface area (Å²) in [5.74, 6) is 0.256. The Hall–Kier alpha value is -1.55. The van der Waals surface area contributed by atoms with Gasteiger partial charge in [0.1, 0.15) is 6.04 Å². The van der Waals surface area contributed by atoms with Crippen molar-refractivity contribution in [1.29, 1.82) is 0 Å². The lowest BCUT2D eigenvalue weighted by Gasteiger charge is -2.24. The van der Waals surface area contributed by atoms with Gasteiger partial charge in [0.2, 0.25) is 5.91 Å². The van der Waals surface area contributed by atoms with Crippen LogP contribution in [0.2, 0.25) is 0 Å². The number of benzene rings is 1. The van der Waals surface area contributed by atoms with Crippen LogP contribution < -0.4 is 5.32 Å². The molecule has 1 N–H and O–H groups in total. The maximum Gasteiger partial charge on any atom is 0.245 e. The zero-order valence-corrected chi connectivity index (χ0v) is 11.4. The molecule has 0 aliphatic carbocycles. The van der Waals surface area contributed by atoms with E-state index in [4.69, 9.17) is 0 Å². The van der Waals surface area contributed by atoms with Crippen LogP contribution in [0.4, 0.5) is 5.69 Å². The van der Waals surface area contributed by atoms with Crippen LogP contribution in [0.15, 0.2) is 24.3 Å². The Kier molecular flexibility index (Phi) is 3.42. The minimum Gasteiger partial charge on any atom is -0.373 e. The fraction of sp³-hybridized carbons (Fsp3) is 0.533. The zero-order valence-electron chi connectivity index (χ0n) is 11.4. The second-order valence-corrected chi connectivity index (χ2v) is 5.54. The van der Waals surface area contributed by atoms with Crippen molar-refractivity contribution in [3.8, 4) is 0 Å². The summed E-state index contributed by atoms with van der Waals surface area (Å²) in [7, 11) is 2.12. The first-order valence-corrected chi connectivity index (χ1v) is 7.06. The number of hydrogen-bond acceptors (Lipinski definition) is 3. The topological polar surface area (TPSA) is 35.6 Å². The normalized spacial score (nSPS) is 23.6. The Morgan fingerprint density at radius 1 is 1.21 bits per heavy atom. The lowest BCUT2D eigenvalue weighted by atomic mass is 10.1. The van der Waals surface area contributed by atoms with E-state index in [1.54, 1.807) is 0 Å². The van der Waals surface area contributed by atoms with Gasteiger partial charge in [-0.15, -0.1) is 0 Å². The van der Waals surface area contributed by atoms with E-state index in [0.717, 1.165) is 44.7 Å².